The van der Waals surface area contributed by atoms with Crippen molar-refractivity contribution in [2.24, 2.45) is 0 Å². The van der Waals surface area contributed by atoms with Crippen molar-refractivity contribution >= 4 is 17.3 Å². The molecule has 0 unspecified atom stereocenters. The van der Waals surface area contributed by atoms with Crippen LogP contribution in [0.3, 0.4) is 0 Å². The summed E-state index contributed by atoms with van der Waals surface area (Å²) < 4.78 is 10.4. The van der Waals surface area contributed by atoms with Gasteiger partial charge in [-0.05, 0) is 29.9 Å². The molecule has 0 atom stereocenters. The first-order valence-electron chi connectivity index (χ1n) is 4.87. The first-order valence-corrected chi connectivity index (χ1v) is 5.28. The van der Waals surface area contributed by atoms with Gasteiger partial charge in [-0.3, -0.25) is 0 Å². The van der Waals surface area contributed by atoms with Gasteiger partial charge in [-0.2, -0.15) is 0 Å². The summed E-state index contributed by atoms with van der Waals surface area (Å²) in [7, 11) is 5.02. The fourth-order valence-electron chi connectivity index (χ4n) is 1.26. The summed E-state index contributed by atoms with van der Waals surface area (Å²) in [5, 5.41) is 6.53. The molecule has 0 aliphatic heterocycles. The second-order valence-electron chi connectivity index (χ2n) is 3.12. The summed E-state index contributed by atoms with van der Waals surface area (Å²) in [6, 6.07) is 5.76. The summed E-state index contributed by atoms with van der Waals surface area (Å²) in [5.74, 6) is 1.44. The van der Waals surface area contributed by atoms with Crippen LogP contribution in [0.4, 0.5) is 0 Å². The van der Waals surface area contributed by atoms with E-state index in [2.05, 4.69) is 10.6 Å². The molecule has 0 saturated carbocycles. The van der Waals surface area contributed by atoms with Gasteiger partial charge in [0.2, 0.25) is 0 Å². The van der Waals surface area contributed by atoms with Crippen molar-refractivity contribution < 1.29 is 9.47 Å². The zero-order chi connectivity index (χ0) is 12.0. The number of ether oxygens (including phenoxy) is 2. The van der Waals surface area contributed by atoms with Gasteiger partial charge in [-0.25, -0.2) is 0 Å². The normalized spacial score (nSPS) is 9.44. The van der Waals surface area contributed by atoms with Crippen molar-refractivity contribution in [2.45, 2.75) is 6.54 Å². The molecule has 1 rings (SSSR count). The monoisotopic (exact) mass is 240 g/mol. The highest BCUT2D eigenvalue weighted by Gasteiger charge is 2.04. The van der Waals surface area contributed by atoms with Gasteiger partial charge in [0, 0.05) is 13.6 Å². The number of methoxy groups -OCH3 is 2. The summed E-state index contributed by atoms with van der Waals surface area (Å²) in [6.07, 6.45) is 0. The van der Waals surface area contributed by atoms with Gasteiger partial charge in [0.05, 0.1) is 14.2 Å². The number of benzene rings is 1. The molecule has 88 valence electrons. The molecule has 16 heavy (non-hydrogen) atoms. The van der Waals surface area contributed by atoms with Crippen LogP contribution < -0.4 is 20.1 Å². The van der Waals surface area contributed by atoms with Crippen LogP contribution in [0, 0.1) is 0 Å². The van der Waals surface area contributed by atoms with E-state index in [4.69, 9.17) is 21.7 Å². The van der Waals surface area contributed by atoms with Gasteiger partial charge in [-0.15, -0.1) is 0 Å². The minimum absolute atomic E-state index is 0.620. The predicted molar refractivity (Wildman–Crippen MR) is 68.0 cm³/mol. The van der Waals surface area contributed by atoms with Gasteiger partial charge in [0.1, 0.15) is 0 Å². The van der Waals surface area contributed by atoms with E-state index in [9.17, 15) is 0 Å². The Labute approximate surface area is 101 Å². The number of nitrogens with one attached hydrogen (secondary N) is 2. The molecule has 4 nitrogen and oxygen atoms in total. The minimum Gasteiger partial charge on any atom is -0.493 e. The standard InChI is InChI=1S/C11H16N2O2S/c1-12-11(16)13-7-8-4-5-9(14-2)10(6-8)15-3/h4-6H,7H2,1-3H3,(H2,12,13,16). The van der Waals surface area contributed by atoms with Crippen molar-refractivity contribution in [3.63, 3.8) is 0 Å². The quantitative estimate of drug-likeness (QED) is 0.777. The van der Waals surface area contributed by atoms with Gasteiger partial charge in [0.25, 0.3) is 0 Å². The highest BCUT2D eigenvalue weighted by molar-refractivity contribution is 7.80. The van der Waals surface area contributed by atoms with Crippen LogP contribution in [0.15, 0.2) is 18.2 Å². The van der Waals surface area contributed by atoms with Crippen molar-refractivity contribution in [1.29, 1.82) is 0 Å². The molecule has 0 fully saturated rings. The van der Waals surface area contributed by atoms with E-state index in [0.717, 1.165) is 17.1 Å². The lowest BCUT2D eigenvalue weighted by Gasteiger charge is -2.11. The molecule has 0 spiro atoms. The second kappa shape index (κ2) is 6.17. The molecular formula is C11H16N2O2S. The summed E-state index contributed by atoms with van der Waals surface area (Å²) >= 11 is 4.99. The first-order chi connectivity index (χ1) is 7.71. The maximum Gasteiger partial charge on any atom is 0.166 e. The maximum absolute atomic E-state index is 5.21. The molecule has 1 aromatic carbocycles. The highest BCUT2D eigenvalue weighted by Crippen LogP contribution is 2.27. The SMILES string of the molecule is CNC(=S)NCc1ccc(OC)c(OC)c1. The number of thiocarbonyl (C=S) groups is 1. The Bertz CT molecular complexity index is 369. The largest absolute Gasteiger partial charge is 0.493 e. The summed E-state index contributed by atoms with van der Waals surface area (Å²) in [6.45, 7) is 0.653. The Morgan fingerprint density at radius 1 is 1.25 bits per heavy atom. The lowest BCUT2D eigenvalue weighted by molar-refractivity contribution is 0.354. The van der Waals surface area contributed by atoms with Crippen LogP contribution in [-0.4, -0.2) is 26.4 Å². The van der Waals surface area contributed by atoms with Crippen LogP contribution in [0.2, 0.25) is 0 Å². The van der Waals surface area contributed by atoms with E-state index in [1.165, 1.54) is 0 Å². The first kappa shape index (κ1) is 12.6. The molecule has 0 amide bonds. The fourth-order valence-corrected chi connectivity index (χ4v) is 1.33. The lowest BCUT2D eigenvalue weighted by Crippen LogP contribution is -2.31. The van der Waals surface area contributed by atoms with E-state index < -0.39 is 0 Å². The van der Waals surface area contributed by atoms with Crippen LogP contribution in [0.25, 0.3) is 0 Å². The molecule has 0 aliphatic rings. The number of hydrogen-bond acceptors (Lipinski definition) is 3. The molecule has 0 aromatic heterocycles. The Kier molecular flexibility index (Phi) is 4.85. The van der Waals surface area contributed by atoms with Crippen molar-refractivity contribution in [3.8, 4) is 11.5 Å². The molecular weight excluding hydrogens is 224 g/mol. The van der Waals surface area contributed by atoms with E-state index >= 15 is 0 Å². The Balaban J connectivity index is 2.71. The van der Waals surface area contributed by atoms with Crippen LogP contribution in [0.1, 0.15) is 5.56 Å². The Hall–Kier alpha value is -1.49. The average Bonchev–Trinajstić information content (AvgIpc) is 2.35. The zero-order valence-corrected chi connectivity index (χ0v) is 10.5. The summed E-state index contributed by atoms with van der Waals surface area (Å²) in [5.41, 5.74) is 1.08. The zero-order valence-electron chi connectivity index (χ0n) is 9.66. The van der Waals surface area contributed by atoms with Crippen LogP contribution in [0.5, 0.6) is 11.5 Å². The van der Waals surface area contributed by atoms with E-state index in [0.29, 0.717) is 11.7 Å². The third-order valence-electron chi connectivity index (χ3n) is 2.13. The molecule has 0 radical (unpaired) electrons. The molecule has 0 saturated heterocycles. The molecule has 5 heteroatoms. The third kappa shape index (κ3) is 3.27. The van der Waals surface area contributed by atoms with Gasteiger partial charge in [0.15, 0.2) is 16.6 Å². The topological polar surface area (TPSA) is 42.5 Å². The third-order valence-corrected chi connectivity index (χ3v) is 2.48. The number of rotatable bonds is 4. The van der Waals surface area contributed by atoms with Gasteiger partial charge >= 0.3 is 0 Å². The smallest absolute Gasteiger partial charge is 0.166 e. The predicted octanol–water partition coefficient (Wildman–Crippen LogP) is 1.30. The molecule has 1 aromatic rings. The van der Waals surface area contributed by atoms with E-state index in [1.807, 2.05) is 18.2 Å². The van der Waals surface area contributed by atoms with E-state index in [-0.39, 0.29) is 0 Å². The van der Waals surface area contributed by atoms with Gasteiger partial charge in [-0.1, -0.05) is 6.07 Å². The van der Waals surface area contributed by atoms with Crippen LogP contribution in [-0.2, 0) is 6.54 Å². The molecule has 2 N–H and O–H groups in total. The Morgan fingerprint density at radius 3 is 2.50 bits per heavy atom. The van der Waals surface area contributed by atoms with Crippen LogP contribution >= 0.6 is 12.2 Å². The average molecular weight is 240 g/mol. The number of hydrogen-bond donors (Lipinski definition) is 2. The highest BCUT2D eigenvalue weighted by atomic mass is 32.1. The lowest BCUT2D eigenvalue weighted by atomic mass is 10.2. The molecule has 0 aliphatic carbocycles. The Morgan fingerprint density at radius 2 is 1.94 bits per heavy atom. The fraction of sp³-hybridized carbons (Fsp3) is 0.364. The van der Waals surface area contributed by atoms with Crippen molar-refractivity contribution in [2.75, 3.05) is 21.3 Å². The second-order valence-corrected chi connectivity index (χ2v) is 3.53. The summed E-state index contributed by atoms with van der Waals surface area (Å²) in [4.78, 5) is 0. The van der Waals surface area contributed by atoms with Gasteiger partial charge < -0.3 is 20.1 Å². The van der Waals surface area contributed by atoms with Crippen molar-refractivity contribution in [1.82, 2.24) is 10.6 Å². The van der Waals surface area contributed by atoms with E-state index in [1.54, 1.807) is 21.3 Å². The minimum atomic E-state index is 0.620. The van der Waals surface area contributed by atoms with Crippen molar-refractivity contribution in [3.05, 3.63) is 23.8 Å². The molecule has 0 heterocycles. The maximum atomic E-state index is 5.21. The molecule has 0 bridgehead atoms.